The summed E-state index contributed by atoms with van der Waals surface area (Å²) in [6.45, 7) is 4.27. The molecule has 0 fully saturated rings. The highest BCUT2D eigenvalue weighted by Crippen LogP contribution is 2.30. The molecule has 0 aliphatic rings. The summed E-state index contributed by atoms with van der Waals surface area (Å²) in [5, 5.41) is 1.01. The normalized spacial score (nSPS) is 12.6. The van der Waals surface area contributed by atoms with Crippen LogP contribution in [0, 0.1) is 6.92 Å². The minimum Gasteiger partial charge on any atom is -0.460 e. The second-order valence-electron chi connectivity index (χ2n) is 3.90. The van der Waals surface area contributed by atoms with E-state index in [9.17, 15) is 4.79 Å². The third-order valence-corrected chi connectivity index (χ3v) is 2.69. The van der Waals surface area contributed by atoms with Crippen LogP contribution in [0.15, 0.2) is 18.3 Å². The lowest BCUT2D eigenvalue weighted by atomic mass is 10.1. The lowest BCUT2D eigenvalue weighted by Crippen LogP contribution is -1.97. The van der Waals surface area contributed by atoms with E-state index in [1.807, 2.05) is 32.2 Å². The molecular weight excluding hydrogens is 204 g/mol. The Morgan fingerprint density at radius 2 is 2.25 bits per heavy atom. The first-order valence-corrected chi connectivity index (χ1v) is 5.09. The van der Waals surface area contributed by atoms with E-state index in [4.69, 9.17) is 10.5 Å². The maximum atomic E-state index is 10.3. The Labute approximate surface area is 93.4 Å². The van der Waals surface area contributed by atoms with E-state index in [1.165, 1.54) is 0 Å². The number of nitrogens with one attached hydrogen (secondary N) is 1. The molecule has 4 heteroatoms. The Bertz CT molecular complexity index is 531. The number of rotatable bonds is 3. The number of hydrogen-bond donors (Lipinski definition) is 2. The average Bonchev–Trinajstić information content (AvgIpc) is 2.61. The van der Waals surface area contributed by atoms with E-state index in [-0.39, 0.29) is 6.10 Å². The van der Waals surface area contributed by atoms with Gasteiger partial charge in [0, 0.05) is 17.1 Å². The van der Waals surface area contributed by atoms with E-state index in [2.05, 4.69) is 4.98 Å². The molecule has 2 rings (SSSR count). The molecule has 1 atom stereocenters. The van der Waals surface area contributed by atoms with Crippen molar-refractivity contribution in [1.29, 1.82) is 0 Å². The largest absolute Gasteiger partial charge is 0.460 e. The Balaban J connectivity index is 2.59. The van der Waals surface area contributed by atoms with E-state index < -0.39 is 0 Å². The van der Waals surface area contributed by atoms with Crippen molar-refractivity contribution in [1.82, 2.24) is 4.98 Å². The van der Waals surface area contributed by atoms with Crippen molar-refractivity contribution in [3.05, 3.63) is 29.5 Å². The van der Waals surface area contributed by atoms with Crippen LogP contribution in [0.1, 0.15) is 24.2 Å². The van der Waals surface area contributed by atoms with Crippen molar-refractivity contribution in [3.63, 3.8) is 0 Å². The monoisotopic (exact) mass is 218 g/mol. The summed E-state index contributed by atoms with van der Waals surface area (Å²) in [4.78, 5) is 13.4. The Morgan fingerprint density at radius 1 is 1.50 bits per heavy atom. The smallest absolute Gasteiger partial charge is 0.293 e. The predicted octanol–water partition coefficient (Wildman–Crippen LogP) is 2.29. The molecule has 84 valence electrons. The third kappa shape index (κ3) is 1.62. The molecule has 1 aromatic carbocycles. The van der Waals surface area contributed by atoms with Gasteiger partial charge in [-0.3, -0.25) is 4.79 Å². The topological polar surface area (TPSA) is 68.1 Å². The molecular formula is C12H14N2O2. The van der Waals surface area contributed by atoms with Crippen LogP contribution in [0.5, 0.6) is 0 Å². The number of carbonyl (C=O) groups excluding carboxylic acids is 1. The maximum absolute atomic E-state index is 10.3. The molecule has 0 saturated carbocycles. The number of carbonyl (C=O) groups is 1. The minimum absolute atomic E-state index is 0.271. The summed E-state index contributed by atoms with van der Waals surface area (Å²) < 4.78 is 4.93. The molecule has 1 aromatic heterocycles. The quantitative estimate of drug-likeness (QED) is 0.613. The summed E-state index contributed by atoms with van der Waals surface area (Å²) in [6, 6.07) is 3.94. The number of aryl methyl sites for hydroxylation is 1. The van der Waals surface area contributed by atoms with E-state index in [1.54, 1.807) is 0 Å². The lowest BCUT2D eigenvalue weighted by molar-refractivity contribution is -0.133. The summed E-state index contributed by atoms with van der Waals surface area (Å²) in [7, 11) is 0. The molecule has 0 spiro atoms. The van der Waals surface area contributed by atoms with Gasteiger partial charge in [0.1, 0.15) is 6.10 Å². The minimum atomic E-state index is -0.271. The van der Waals surface area contributed by atoms with Crippen LogP contribution in [0.4, 0.5) is 5.69 Å². The van der Waals surface area contributed by atoms with Gasteiger partial charge in [0.15, 0.2) is 0 Å². The van der Waals surface area contributed by atoms with Gasteiger partial charge >= 0.3 is 0 Å². The summed E-state index contributed by atoms with van der Waals surface area (Å²) >= 11 is 0. The fourth-order valence-corrected chi connectivity index (χ4v) is 1.92. The molecule has 0 saturated heterocycles. The van der Waals surface area contributed by atoms with Gasteiger partial charge in [0.25, 0.3) is 6.47 Å². The molecule has 1 unspecified atom stereocenters. The SMILES string of the molecule is Cc1cc(N)c2[nH]cc(C(C)OC=O)c2c1. The molecule has 4 nitrogen and oxygen atoms in total. The predicted molar refractivity (Wildman–Crippen MR) is 63.0 cm³/mol. The maximum Gasteiger partial charge on any atom is 0.293 e. The molecule has 0 bridgehead atoms. The van der Waals surface area contributed by atoms with Crippen molar-refractivity contribution in [3.8, 4) is 0 Å². The molecule has 0 aliphatic heterocycles. The Hall–Kier alpha value is -1.97. The molecule has 2 aromatic rings. The highest BCUT2D eigenvalue weighted by molar-refractivity contribution is 5.93. The summed E-state index contributed by atoms with van der Waals surface area (Å²) in [6.07, 6.45) is 1.56. The second kappa shape index (κ2) is 3.89. The van der Waals surface area contributed by atoms with Crippen molar-refractivity contribution >= 4 is 23.1 Å². The van der Waals surface area contributed by atoms with E-state index in [0.29, 0.717) is 12.2 Å². The summed E-state index contributed by atoms with van der Waals surface area (Å²) in [5.74, 6) is 0. The number of H-pyrrole nitrogens is 1. The summed E-state index contributed by atoms with van der Waals surface area (Å²) in [5.41, 5.74) is 9.53. The van der Waals surface area contributed by atoms with Gasteiger partial charge in [0.2, 0.25) is 0 Å². The number of nitrogens with two attached hydrogens (primary N) is 1. The van der Waals surface area contributed by atoms with Crippen LogP contribution in [0.25, 0.3) is 10.9 Å². The van der Waals surface area contributed by atoms with Gasteiger partial charge in [0.05, 0.1) is 11.2 Å². The molecule has 0 aliphatic carbocycles. The average molecular weight is 218 g/mol. The Kier molecular flexibility index (Phi) is 2.56. The fourth-order valence-electron chi connectivity index (χ4n) is 1.92. The number of hydrogen-bond acceptors (Lipinski definition) is 3. The zero-order valence-corrected chi connectivity index (χ0v) is 9.28. The number of ether oxygens (including phenoxy) is 1. The Morgan fingerprint density at radius 3 is 2.94 bits per heavy atom. The van der Waals surface area contributed by atoms with Crippen molar-refractivity contribution in [2.45, 2.75) is 20.0 Å². The van der Waals surface area contributed by atoms with Crippen molar-refractivity contribution < 1.29 is 9.53 Å². The van der Waals surface area contributed by atoms with Gasteiger partial charge in [-0.1, -0.05) is 0 Å². The van der Waals surface area contributed by atoms with Gasteiger partial charge in [-0.2, -0.15) is 0 Å². The number of benzene rings is 1. The second-order valence-corrected chi connectivity index (χ2v) is 3.90. The number of nitrogen functional groups attached to an aromatic ring is 1. The van der Waals surface area contributed by atoms with Crippen molar-refractivity contribution in [2.75, 3.05) is 5.73 Å². The molecule has 1 heterocycles. The first-order valence-electron chi connectivity index (χ1n) is 5.09. The van der Waals surface area contributed by atoms with Crippen LogP contribution in [0.2, 0.25) is 0 Å². The number of fused-ring (bicyclic) bond motifs is 1. The van der Waals surface area contributed by atoms with Gasteiger partial charge in [-0.15, -0.1) is 0 Å². The highest BCUT2D eigenvalue weighted by Gasteiger charge is 2.13. The van der Waals surface area contributed by atoms with Crippen LogP contribution in [0.3, 0.4) is 0 Å². The first kappa shape index (κ1) is 10.5. The fraction of sp³-hybridized carbons (Fsp3) is 0.250. The first-order chi connectivity index (χ1) is 7.63. The number of aromatic nitrogens is 1. The van der Waals surface area contributed by atoms with Crippen LogP contribution < -0.4 is 5.73 Å². The highest BCUT2D eigenvalue weighted by atomic mass is 16.5. The van der Waals surface area contributed by atoms with Crippen molar-refractivity contribution in [2.24, 2.45) is 0 Å². The molecule has 16 heavy (non-hydrogen) atoms. The molecule has 0 amide bonds. The van der Waals surface area contributed by atoms with Gasteiger partial charge in [-0.25, -0.2) is 0 Å². The number of anilines is 1. The van der Waals surface area contributed by atoms with Crippen LogP contribution >= 0.6 is 0 Å². The zero-order valence-electron chi connectivity index (χ0n) is 9.28. The molecule has 3 N–H and O–H groups in total. The standard InChI is InChI=1S/C12H14N2O2/c1-7-3-9-10(8(2)16-6-15)5-14-12(9)11(13)4-7/h3-6,8,14H,13H2,1-2H3. The zero-order chi connectivity index (χ0) is 11.7. The lowest BCUT2D eigenvalue weighted by Gasteiger charge is -2.08. The molecule has 0 radical (unpaired) electrons. The van der Waals surface area contributed by atoms with E-state index in [0.717, 1.165) is 22.0 Å². The van der Waals surface area contributed by atoms with Gasteiger partial charge < -0.3 is 15.5 Å². The van der Waals surface area contributed by atoms with Crippen LogP contribution in [-0.4, -0.2) is 11.5 Å². The van der Waals surface area contributed by atoms with E-state index >= 15 is 0 Å². The van der Waals surface area contributed by atoms with Crippen LogP contribution in [-0.2, 0) is 9.53 Å². The van der Waals surface area contributed by atoms with Gasteiger partial charge in [-0.05, 0) is 31.5 Å². The third-order valence-electron chi connectivity index (χ3n) is 2.69. The number of aromatic amines is 1.